The fourth-order valence-corrected chi connectivity index (χ4v) is 2.49. The molecule has 1 aliphatic carbocycles. The van der Waals surface area contributed by atoms with Gasteiger partial charge in [0.25, 0.3) is 0 Å². The second-order valence-electron chi connectivity index (χ2n) is 5.65. The van der Waals surface area contributed by atoms with E-state index in [9.17, 15) is 14.0 Å². The number of aromatic nitrogens is 3. The maximum atomic E-state index is 12.9. The molecular weight excluding hydrogens is 329 g/mol. The van der Waals surface area contributed by atoms with Gasteiger partial charge >= 0.3 is 5.97 Å². The highest BCUT2D eigenvalue weighted by atomic mass is 19.1. The number of nitrogens with one attached hydrogen (secondary N) is 1. The van der Waals surface area contributed by atoms with Gasteiger partial charge in [-0.25, -0.2) is 4.39 Å². The van der Waals surface area contributed by atoms with E-state index in [1.165, 1.54) is 24.3 Å². The number of nitrogen functional groups attached to an aromatic ring is 1. The minimum absolute atomic E-state index is 0.0401. The molecule has 0 amide bonds. The second-order valence-corrected chi connectivity index (χ2v) is 5.65. The zero-order chi connectivity index (χ0) is 17.8. The highest BCUT2D eigenvalue weighted by Gasteiger charge is 2.29. The third-order valence-electron chi connectivity index (χ3n) is 3.72. The number of nitrogens with two attached hydrogens (primary N) is 1. The van der Waals surface area contributed by atoms with Gasteiger partial charge in [0.05, 0.1) is 5.92 Å². The Morgan fingerprint density at radius 1 is 1.28 bits per heavy atom. The smallest absolute Gasteiger partial charge is 0.309 e. The van der Waals surface area contributed by atoms with Gasteiger partial charge in [-0.05, 0) is 30.7 Å². The van der Waals surface area contributed by atoms with Gasteiger partial charge < -0.3 is 15.8 Å². The molecular formula is C16H16FN5O3. The van der Waals surface area contributed by atoms with Crippen molar-refractivity contribution >= 4 is 29.3 Å². The van der Waals surface area contributed by atoms with E-state index >= 15 is 0 Å². The zero-order valence-electron chi connectivity index (χ0n) is 13.2. The Morgan fingerprint density at radius 2 is 2.04 bits per heavy atom. The number of nitrogens with zero attached hydrogens (tertiary/aromatic N) is 3. The summed E-state index contributed by atoms with van der Waals surface area (Å²) in [4.78, 5) is 35.1. The van der Waals surface area contributed by atoms with E-state index in [1.807, 2.05) is 0 Å². The van der Waals surface area contributed by atoms with Gasteiger partial charge in [-0.3, -0.25) is 9.59 Å². The first kappa shape index (κ1) is 16.7. The Balaban J connectivity index is 1.63. The first-order valence-corrected chi connectivity index (χ1v) is 7.71. The molecule has 1 saturated carbocycles. The standard InChI is InChI=1S/C16H16FN5O3/c17-10-2-4-11(5-3-10)19-16-21-13(20-15(18)22-16)8-25-14(24)9-1-6-12(23)7-9/h2-5,9H,1,6-8H2,(H3,18,19,20,21,22). The van der Waals surface area contributed by atoms with Crippen molar-refractivity contribution < 1.29 is 18.7 Å². The zero-order valence-corrected chi connectivity index (χ0v) is 13.2. The van der Waals surface area contributed by atoms with Crippen LogP contribution in [0.15, 0.2) is 24.3 Å². The van der Waals surface area contributed by atoms with Crippen LogP contribution >= 0.6 is 0 Å². The fourth-order valence-electron chi connectivity index (χ4n) is 2.49. The van der Waals surface area contributed by atoms with Crippen LogP contribution in [0.4, 0.5) is 22.0 Å². The molecule has 1 fully saturated rings. The number of esters is 1. The molecule has 1 heterocycles. The van der Waals surface area contributed by atoms with Crippen LogP contribution in [0.1, 0.15) is 25.1 Å². The van der Waals surface area contributed by atoms with Gasteiger partial charge in [0.2, 0.25) is 11.9 Å². The van der Waals surface area contributed by atoms with Crippen LogP contribution < -0.4 is 11.1 Å². The van der Waals surface area contributed by atoms with Crippen LogP contribution in [-0.2, 0) is 20.9 Å². The summed E-state index contributed by atoms with van der Waals surface area (Å²) in [5, 5.41) is 2.87. The van der Waals surface area contributed by atoms with Gasteiger partial charge in [0.1, 0.15) is 11.6 Å². The first-order valence-electron chi connectivity index (χ1n) is 7.71. The molecule has 0 spiro atoms. The molecule has 3 N–H and O–H groups in total. The molecule has 0 bridgehead atoms. The minimum atomic E-state index is -0.446. The molecule has 1 unspecified atom stereocenters. The summed E-state index contributed by atoms with van der Waals surface area (Å²) in [6.07, 6.45) is 1.13. The maximum absolute atomic E-state index is 12.9. The third-order valence-corrected chi connectivity index (χ3v) is 3.72. The molecule has 1 aromatic heterocycles. The van der Waals surface area contributed by atoms with E-state index in [2.05, 4.69) is 20.3 Å². The van der Waals surface area contributed by atoms with Crippen LogP contribution in [0, 0.1) is 11.7 Å². The quantitative estimate of drug-likeness (QED) is 0.786. The molecule has 2 aromatic rings. The van der Waals surface area contributed by atoms with E-state index in [0.29, 0.717) is 18.5 Å². The highest BCUT2D eigenvalue weighted by Crippen LogP contribution is 2.23. The van der Waals surface area contributed by atoms with Crippen LogP contribution in [0.25, 0.3) is 0 Å². The predicted molar refractivity (Wildman–Crippen MR) is 86.1 cm³/mol. The number of Topliss-reactive ketones (excluding diaryl/α,β-unsaturated/α-hetero) is 1. The summed E-state index contributed by atoms with van der Waals surface area (Å²) in [5.74, 6) is -0.852. The molecule has 0 saturated heterocycles. The summed E-state index contributed by atoms with van der Waals surface area (Å²) in [7, 11) is 0. The van der Waals surface area contributed by atoms with Crippen LogP contribution in [0.3, 0.4) is 0 Å². The maximum Gasteiger partial charge on any atom is 0.309 e. The summed E-state index contributed by atoms with van der Waals surface area (Å²) >= 11 is 0. The number of ketones is 1. The molecule has 1 atom stereocenters. The lowest BCUT2D eigenvalue weighted by atomic mass is 10.1. The Hall–Kier alpha value is -3.10. The number of carbonyl (C=O) groups is 2. The highest BCUT2D eigenvalue weighted by molar-refractivity contribution is 5.87. The number of anilines is 3. The third kappa shape index (κ3) is 4.46. The van der Waals surface area contributed by atoms with Crippen LogP contribution in [-0.4, -0.2) is 26.7 Å². The van der Waals surface area contributed by atoms with Crippen molar-refractivity contribution in [2.45, 2.75) is 25.9 Å². The summed E-state index contributed by atoms with van der Waals surface area (Å²) < 4.78 is 18.1. The first-order chi connectivity index (χ1) is 12.0. The van der Waals surface area contributed by atoms with E-state index in [0.717, 1.165) is 0 Å². The van der Waals surface area contributed by atoms with Gasteiger partial charge in [-0.1, -0.05) is 0 Å². The molecule has 1 aliphatic rings. The lowest BCUT2D eigenvalue weighted by Crippen LogP contribution is -2.17. The predicted octanol–water partition coefficient (Wildman–Crippen LogP) is 1.75. The molecule has 0 aliphatic heterocycles. The van der Waals surface area contributed by atoms with Gasteiger partial charge in [0, 0.05) is 18.5 Å². The Kier molecular flexibility index (Phi) is 4.82. The Labute approximate surface area is 142 Å². The monoisotopic (exact) mass is 345 g/mol. The van der Waals surface area contributed by atoms with Crippen molar-refractivity contribution in [3.05, 3.63) is 35.9 Å². The Morgan fingerprint density at radius 3 is 2.72 bits per heavy atom. The number of rotatable bonds is 5. The van der Waals surface area contributed by atoms with E-state index in [-0.39, 0.29) is 42.3 Å². The number of hydrogen-bond donors (Lipinski definition) is 2. The molecule has 9 heteroatoms. The van der Waals surface area contributed by atoms with Crippen LogP contribution in [0.5, 0.6) is 0 Å². The van der Waals surface area contributed by atoms with Crippen LogP contribution in [0.2, 0.25) is 0 Å². The molecule has 25 heavy (non-hydrogen) atoms. The van der Waals surface area contributed by atoms with Crippen molar-refractivity contribution in [2.75, 3.05) is 11.1 Å². The van der Waals surface area contributed by atoms with E-state index in [1.54, 1.807) is 0 Å². The second kappa shape index (κ2) is 7.20. The lowest BCUT2D eigenvalue weighted by molar-refractivity contribution is -0.150. The van der Waals surface area contributed by atoms with Crippen molar-refractivity contribution in [3.63, 3.8) is 0 Å². The fraction of sp³-hybridized carbons (Fsp3) is 0.312. The summed E-state index contributed by atoms with van der Waals surface area (Å²) in [6.45, 7) is -0.172. The molecule has 0 radical (unpaired) electrons. The largest absolute Gasteiger partial charge is 0.457 e. The molecule has 130 valence electrons. The number of halogens is 1. The molecule has 1 aromatic carbocycles. The van der Waals surface area contributed by atoms with Crippen molar-refractivity contribution in [1.29, 1.82) is 0 Å². The molecule has 3 rings (SSSR count). The van der Waals surface area contributed by atoms with Gasteiger partial charge in [-0.2, -0.15) is 15.0 Å². The van der Waals surface area contributed by atoms with Gasteiger partial charge in [-0.15, -0.1) is 0 Å². The average Bonchev–Trinajstić information content (AvgIpc) is 3.01. The Bertz CT molecular complexity index is 797. The van der Waals surface area contributed by atoms with Gasteiger partial charge in [0.15, 0.2) is 12.4 Å². The number of carbonyl (C=O) groups excluding carboxylic acids is 2. The number of benzene rings is 1. The SMILES string of the molecule is Nc1nc(COC(=O)C2CCC(=O)C2)nc(Nc2ccc(F)cc2)n1. The minimum Gasteiger partial charge on any atom is -0.457 e. The summed E-state index contributed by atoms with van der Waals surface area (Å²) in [6, 6.07) is 5.62. The molecule has 8 nitrogen and oxygen atoms in total. The average molecular weight is 345 g/mol. The van der Waals surface area contributed by atoms with E-state index < -0.39 is 11.9 Å². The topological polar surface area (TPSA) is 120 Å². The van der Waals surface area contributed by atoms with Crippen molar-refractivity contribution in [3.8, 4) is 0 Å². The number of ether oxygens (including phenoxy) is 1. The van der Waals surface area contributed by atoms with Crippen molar-refractivity contribution in [2.24, 2.45) is 5.92 Å². The summed E-state index contributed by atoms with van der Waals surface area (Å²) in [5.41, 5.74) is 6.21. The lowest BCUT2D eigenvalue weighted by Gasteiger charge is -2.10. The van der Waals surface area contributed by atoms with Crippen molar-refractivity contribution in [1.82, 2.24) is 15.0 Å². The normalized spacial score (nSPS) is 16.7. The van der Waals surface area contributed by atoms with E-state index in [4.69, 9.17) is 10.5 Å². The number of hydrogen-bond acceptors (Lipinski definition) is 8.